The number of hydrogen-bond acceptors (Lipinski definition) is 3. The minimum absolute atomic E-state index is 0.732. The molecule has 0 radical (unpaired) electrons. The summed E-state index contributed by atoms with van der Waals surface area (Å²) in [6.07, 6.45) is 2.32. The van der Waals surface area contributed by atoms with Gasteiger partial charge in [0.2, 0.25) is 0 Å². The fourth-order valence-corrected chi connectivity index (χ4v) is 2.64. The van der Waals surface area contributed by atoms with Gasteiger partial charge in [-0.25, -0.2) is 9.97 Å². The topological polar surface area (TPSA) is 37.8 Å². The summed E-state index contributed by atoms with van der Waals surface area (Å²) in [5.41, 5.74) is 5.19. The van der Waals surface area contributed by atoms with Crippen molar-refractivity contribution in [3.8, 4) is 11.8 Å². The Morgan fingerprint density at radius 3 is 2.83 bits per heavy atom. The molecule has 0 fully saturated rings. The Balaban J connectivity index is 1.97. The van der Waals surface area contributed by atoms with E-state index in [0.717, 1.165) is 40.0 Å². The van der Waals surface area contributed by atoms with Crippen molar-refractivity contribution in [2.75, 3.05) is 5.32 Å². The Kier molecular flexibility index (Phi) is 4.58. The van der Waals surface area contributed by atoms with Crippen molar-refractivity contribution < 1.29 is 0 Å². The molecule has 0 saturated carbocycles. The van der Waals surface area contributed by atoms with Crippen LogP contribution < -0.4 is 5.32 Å². The van der Waals surface area contributed by atoms with Crippen molar-refractivity contribution in [3.63, 3.8) is 0 Å². The third kappa shape index (κ3) is 3.61. The molecule has 1 N–H and O–H groups in total. The predicted octanol–water partition coefficient (Wildman–Crippen LogP) is 4.80. The maximum Gasteiger partial charge on any atom is 0.141 e. The third-order valence-electron chi connectivity index (χ3n) is 3.70. The summed E-state index contributed by atoms with van der Waals surface area (Å²) in [6, 6.07) is 14.4. The number of fused-ring (bicyclic) bond motifs is 1. The number of anilines is 2. The van der Waals surface area contributed by atoms with Gasteiger partial charge in [0.15, 0.2) is 0 Å². The van der Waals surface area contributed by atoms with E-state index in [4.69, 9.17) is 0 Å². The fourth-order valence-electron chi connectivity index (χ4n) is 2.64. The highest BCUT2D eigenvalue weighted by molar-refractivity contribution is 5.91. The Morgan fingerprint density at radius 2 is 2.04 bits per heavy atom. The number of aryl methyl sites for hydroxylation is 1. The average molecular weight is 313 g/mol. The summed E-state index contributed by atoms with van der Waals surface area (Å²) in [6.45, 7) is 7.89. The van der Waals surface area contributed by atoms with Crippen molar-refractivity contribution >= 4 is 22.4 Å². The second-order valence-corrected chi connectivity index (χ2v) is 5.72. The second-order valence-electron chi connectivity index (χ2n) is 5.72. The van der Waals surface area contributed by atoms with Gasteiger partial charge < -0.3 is 5.32 Å². The van der Waals surface area contributed by atoms with Crippen LogP contribution in [-0.4, -0.2) is 9.97 Å². The number of hydrogen-bond donors (Lipinski definition) is 1. The third-order valence-corrected chi connectivity index (χ3v) is 3.70. The summed E-state index contributed by atoms with van der Waals surface area (Å²) in [7, 11) is 0. The minimum atomic E-state index is 0.732. The lowest BCUT2D eigenvalue weighted by molar-refractivity contribution is 1.19. The van der Waals surface area contributed by atoms with Crippen LogP contribution in [0.1, 0.15) is 18.1 Å². The molecule has 0 atom stereocenters. The van der Waals surface area contributed by atoms with E-state index in [1.54, 1.807) is 6.33 Å². The molecule has 3 aromatic rings. The molecular weight excluding hydrogens is 294 g/mol. The highest BCUT2D eigenvalue weighted by Gasteiger charge is 2.06. The van der Waals surface area contributed by atoms with Crippen LogP contribution in [0, 0.1) is 18.8 Å². The predicted molar refractivity (Wildman–Crippen MR) is 100 cm³/mol. The van der Waals surface area contributed by atoms with Crippen LogP contribution >= 0.6 is 0 Å². The first-order valence-corrected chi connectivity index (χ1v) is 7.83. The zero-order valence-electron chi connectivity index (χ0n) is 13.9. The van der Waals surface area contributed by atoms with E-state index in [9.17, 15) is 0 Å². The summed E-state index contributed by atoms with van der Waals surface area (Å²) in [4.78, 5) is 8.77. The molecule has 0 amide bonds. The maximum absolute atomic E-state index is 4.42. The van der Waals surface area contributed by atoms with Crippen molar-refractivity contribution in [2.24, 2.45) is 0 Å². The van der Waals surface area contributed by atoms with Crippen LogP contribution in [0.15, 0.2) is 60.9 Å². The van der Waals surface area contributed by atoms with Gasteiger partial charge in [-0.3, -0.25) is 0 Å². The van der Waals surface area contributed by atoms with Crippen LogP contribution in [0.4, 0.5) is 11.5 Å². The van der Waals surface area contributed by atoms with E-state index in [1.165, 1.54) is 5.56 Å². The van der Waals surface area contributed by atoms with E-state index < -0.39 is 0 Å². The molecule has 118 valence electrons. The molecule has 2 aromatic carbocycles. The van der Waals surface area contributed by atoms with E-state index in [2.05, 4.69) is 64.9 Å². The molecule has 0 bridgehead atoms. The lowest BCUT2D eigenvalue weighted by atomic mass is 10.0. The van der Waals surface area contributed by atoms with E-state index >= 15 is 0 Å². The molecule has 0 spiro atoms. The molecule has 3 nitrogen and oxygen atoms in total. The van der Waals surface area contributed by atoms with Gasteiger partial charge in [-0.05, 0) is 54.8 Å². The molecule has 0 aliphatic rings. The van der Waals surface area contributed by atoms with E-state index in [1.807, 2.05) is 25.1 Å². The summed E-state index contributed by atoms with van der Waals surface area (Å²) in [5.74, 6) is 6.70. The molecule has 0 aliphatic heterocycles. The lowest BCUT2D eigenvalue weighted by Gasteiger charge is -2.10. The first kappa shape index (κ1) is 15.8. The Morgan fingerprint density at radius 1 is 1.17 bits per heavy atom. The van der Waals surface area contributed by atoms with Gasteiger partial charge in [-0.2, -0.15) is 0 Å². The highest BCUT2D eigenvalue weighted by Crippen LogP contribution is 2.25. The number of nitrogens with zero attached hydrogens (tertiary/aromatic N) is 2. The molecule has 0 saturated heterocycles. The van der Waals surface area contributed by atoms with Crippen LogP contribution in [0.3, 0.4) is 0 Å². The largest absolute Gasteiger partial charge is 0.340 e. The first-order chi connectivity index (χ1) is 11.7. The SMILES string of the molecule is C=C(C#CC)Cc1ccc2ncnc(Nc3cccc(C)c3)c2c1. The summed E-state index contributed by atoms with van der Waals surface area (Å²) < 4.78 is 0. The lowest BCUT2D eigenvalue weighted by Crippen LogP contribution is -1.97. The maximum atomic E-state index is 4.42. The quantitative estimate of drug-likeness (QED) is 0.703. The number of allylic oxidation sites excluding steroid dienone is 1. The first-order valence-electron chi connectivity index (χ1n) is 7.83. The minimum Gasteiger partial charge on any atom is -0.340 e. The van der Waals surface area contributed by atoms with Gasteiger partial charge in [-0.1, -0.05) is 30.7 Å². The molecular formula is C21H19N3. The standard InChI is InChI=1S/C21H19N3/c1-4-6-15(2)11-17-9-10-20-19(13-17)21(23-14-22-20)24-18-8-5-7-16(3)12-18/h5,7-10,12-14H,2,11H2,1,3H3,(H,22,23,24). The molecule has 24 heavy (non-hydrogen) atoms. The van der Waals surface area contributed by atoms with Gasteiger partial charge in [-0.15, -0.1) is 5.92 Å². The van der Waals surface area contributed by atoms with Gasteiger partial charge in [0.05, 0.1) is 5.52 Å². The number of aromatic nitrogens is 2. The number of benzene rings is 2. The van der Waals surface area contributed by atoms with E-state index in [0.29, 0.717) is 0 Å². The molecule has 0 aliphatic carbocycles. The zero-order valence-corrected chi connectivity index (χ0v) is 13.9. The van der Waals surface area contributed by atoms with Gasteiger partial charge >= 0.3 is 0 Å². The normalized spacial score (nSPS) is 10.1. The Labute approximate surface area is 142 Å². The van der Waals surface area contributed by atoms with Crippen LogP contribution in [0.25, 0.3) is 10.9 Å². The van der Waals surface area contributed by atoms with Crippen molar-refractivity contribution in [2.45, 2.75) is 20.3 Å². The number of rotatable bonds is 4. The fraction of sp³-hybridized carbons (Fsp3) is 0.143. The molecule has 3 rings (SSSR count). The average Bonchev–Trinajstić information content (AvgIpc) is 2.56. The Bertz CT molecular complexity index is 961. The van der Waals surface area contributed by atoms with Gasteiger partial charge in [0.1, 0.15) is 12.1 Å². The monoisotopic (exact) mass is 313 g/mol. The zero-order chi connectivity index (χ0) is 16.9. The second kappa shape index (κ2) is 6.97. The van der Waals surface area contributed by atoms with Crippen LogP contribution in [0.2, 0.25) is 0 Å². The Hall–Kier alpha value is -3.12. The van der Waals surface area contributed by atoms with Crippen molar-refractivity contribution in [1.29, 1.82) is 0 Å². The molecule has 1 heterocycles. The molecule has 3 heteroatoms. The summed E-state index contributed by atoms with van der Waals surface area (Å²) >= 11 is 0. The van der Waals surface area contributed by atoms with E-state index in [-0.39, 0.29) is 0 Å². The number of nitrogens with one attached hydrogen (secondary N) is 1. The van der Waals surface area contributed by atoms with Crippen molar-refractivity contribution in [3.05, 3.63) is 72.1 Å². The van der Waals surface area contributed by atoms with Gasteiger partial charge in [0, 0.05) is 17.5 Å². The van der Waals surface area contributed by atoms with Crippen LogP contribution in [-0.2, 0) is 6.42 Å². The highest BCUT2D eigenvalue weighted by atomic mass is 15.0. The molecule has 0 unspecified atom stereocenters. The van der Waals surface area contributed by atoms with Crippen molar-refractivity contribution in [1.82, 2.24) is 9.97 Å². The van der Waals surface area contributed by atoms with Gasteiger partial charge in [0.25, 0.3) is 0 Å². The summed E-state index contributed by atoms with van der Waals surface area (Å²) in [5, 5.41) is 4.39. The molecule has 1 aromatic heterocycles. The van der Waals surface area contributed by atoms with Crippen LogP contribution in [0.5, 0.6) is 0 Å². The smallest absolute Gasteiger partial charge is 0.141 e.